The number of hydrogen-bond donors (Lipinski definition) is 1. The number of carbonyl (C=O) groups is 2. The molecule has 0 aliphatic rings. The number of ether oxygens (including phenoxy) is 1. The number of aromatic nitrogens is 1. The molecule has 116 valence electrons. The zero-order valence-corrected chi connectivity index (χ0v) is 14.1. The molecule has 0 atom stereocenters. The van der Waals surface area contributed by atoms with Gasteiger partial charge >= 0.3 is 5.97 Å². The van der Waals surface area contributed by atoms with Gasteiger partial charge in [0, 0.05) is 28.5 Å². The molecule has 1 N–H and O–H groups in total. The van der Waals surface area contributed by atoms with Crippen molar-refractivity contribution in [2.45, 2.75) is 13.8 Å². The van der Waals surface area contributed by atoms with Crippen molar-refractivity contribution in [2.75, 3.05) is 6.61 Å². The number of aromatic hydroxyl groups is 1. The number of halogens is 1. The van der Waals surface area contributed by atoms with Gasteiger partial charge in [-0.2, -0.15) is 0 Å². The van der Waals surface area contributed by atoms with Gasteiger partial charge in [-0.1, -0.05) is 15.9 Å². The fourth-order valence-electron chi connectivity index (χ4n) is 2.10. The van der Waals surface area contributed by atoms with Gasteiger partial charge in [0.25, 0.3) is 0 Å². The highest BCUT2D eigenvalue weighted by molar-refractivity contribution is 9.10. The molecule has 0 amide bonds. The maximum Gasteiger partial charge on any atom is 0.342 e. The van der Waals surface area contributed by atoms with Gasteiger partial charge in [-0.05, 0) is 38.1 Å². The van der Waals surface area contributed by atoms with E-state index in [9.17, 15) is 14.7 Å². The summed E-state index contributed by atoms with van der Waals surface area (Å²) in [6.45, 7) is 3.37. The van der Waals surface area contributed by atoms with Gasteiger partial charge in [-0.3, -0.25) is 4.79 Å². The number of Topliss-reactive ketones (excluding diaryl/α,β-unsaturated/α-hetero) is 1. The first kappa shape index (κ1) is 16.3. The first-order chi connectivity index (χ1) is 10.3. The van der Waals surface area contributed by atoms with Gasteiger partial charge in [0.05, 0.1) is 0 Å². The van der Waals surface area contributed by atoms with Gasteiger partial charge in [0.2, 0.25) is 5.78 Å². The Morgan fingerprint density at radius 3 is 2.50 bits per heavy atom. The molecule has 0 bridgehead atoms. The molecule has 0 aliphatic carbocycles. The van der Waals surface area contributed by atoms with Crippen molar-refractivity contribution in [1.82, 2.24) is 4.57 Å². The smallest absolute Gasteiger partial charge is 0.342 e. The highest BCUT2D eigenvalue weighted by atomic mass is 79.9. The summed E-state index contributed by atoms with van der Waals surface area (Å²) in [6.07, 6.45) is 0. The zero-order valence-electron chi connectivity index (χ0n) is 12.5. The summed E-state index contributed by atoms with van der Waals surface area (Å²) < 4.78 is 7.54. The SMILES string of the molecule is Cc1cc(C(=O)COC(=O)c2cc(Br)ccc2O)c(C)n1C. The van der Waals surface area contributed by atoms with Gasteiger partial charge in [-0.25, -0.2) is 4.79 Å². The Morgan fingerprint density at radius 1 is 1.23 bits per heavy atom. The molecule has 2 aromatic rings. The van der Waals surface area contributed by atoms with Crippen LogP contribution in [0.15, 0.2) is 28.7 Å². The third-order valence-corrected chi connectivity index (χ3v) is 4.08. The van der Waals surface area contributed by atoms with E-state index in [1.807, 2.05) is 25.5 Å². The molecular formula is C16H16BrNO4. The van der Waals surface area contributed by atoms with Crippen molar-refractivity contribution in [1.29, 1.82) is 0 Å². The second kappa shape index (κ2) is 6.36. The van der Waals surface area contributed by atoms with E-state index < -0.39 is 5.97 Å². The lowest BCUT2D eigenvalue weighted by atomic mass is 10.1. The van der Waals surface area contributed by atoms with Crippen molar-refractivity contribution in [3.8, 4) is 5.75 Å². The average Bonchev–Trinajstić information content (AvgIpc) is 2.74. The number of phenols is 1. The van der Waals surface area contributed by atoms with Crippen LogP contribution in [0.1, 0.15) is 32.1 Å². The van der Waals surface area contributed by atoms with Crippen molar-refractivity contribution in [3.05, 3.63) is 51.3 Å². The summed E-state index contributed by atoms with van der Waals surface area (Å²) in [4.78, 5) is 24.1. The van der Waals surface area contributed by atoms with Crippen molar-refractivity contribution in [3.63, 3.8) is 0 Å². The molecular weight excluding hydrogens is 350 g/mol. The molecule has 1 aromatic carbocycles. The minimum absolute atomic E-state index is 0.0168. The van der Waals surface area contributed by atoms with Gasteiger partial charge in [0.1, 0.15) is 11.3 Å². The van der Waals surface area contributed by atoms with Crippen molar-refractivity contribution >= 4 is 27.7 Å². The number of benzene rings is 1. The summed E-state index contributed by atoms with van der Waals surface area (Å²) in [5, 5.41) is 9.66. The monoisotopic (exact) mass is 365 g/mol. The molecule has 0 unspecified atom stereocenters. The predicted octanol–water partition coefficient (Wildman–Crippen LogP) is 3.15. The van der Waals surface area contributed by atoms with E-state index in [2.05, 4.69) is 15.9 Å². The molecule has 5 nitrogen and oxygen atoms in total. The quantitative estimate of drug-likeness (QED) is 0.667. The lowest BCUT2D eigenvalue weighted by Gasteiger charge is -2.06. The van der Waals surface area contributed by atoms with E-state index in [0.29, 0.717) is 10.0 Å². The van der Waals surface area contributed by atoms with Crippen LogP contribution in [0.5, 0.6) is 5.75 Å². The van der Waals surface area contributed by atoms with E-state index in [1.54, 1.807) is 12.1 Å². The second-order valence-electron chi connectivity index (χ2n) is 5.00. The number of carbonyl (C=O) groups excluding carboxylic acids is 2. The number of rotatable bonds is 4. The number of nitrogens with zero attached hydrogens (tertiary/aromatic N) is 1. The normalized spacial score (nSPS) is 10.5. The average molecular weight is 366 g/mol. The fourth-order valence-corrected chi connectivity index (χ4v) is 2.46. The minimum Gasteiger partial charge on any atom is -0.507 e. The van der Waals surface area contributed by atoms with Crippen LogP contribution in [-0.2, 0) is 11.8 Å². The Morgan fingerprint density at radius 2 is 1.91 bits per heavy atom. The molecule has 0 aliphatic heterocycles. The Bertz CT molecular complexity index is 749. The van der Waals surface area contributed by atoms with Crippen LogP contribution in [0.2, 0.25) is 0 Å². The van der Waals surface area contributed by atoms with E-state index in [4.69, 9.17) is 4.74 Å². The Labute approximate surface area is 136 Å². The molecule has 0 fully saturated rings. The van der Waals surface area contributed by atoms with Crippen molar-refractivity contribution in [2.24, 2.45) is 7.05 Å². The van der Waals surface area contributed by atoms with E-state index >= 15 is 0 Å². The molecule has 1 heterocycles. The second-order valence-corrected chi connectivity index (χ2v) is 5.92. The molecule has 0 saturated carbocycles. The van der Waals surface area contributed by atoms with Crippen LogP contribution in [-0.4, -0.2) is 28.0 Å². The highest BCUT2D eigenvalue weighted by Gasteiger charge is 2.18. The van der Waals surface area contributed by atoms with Crippen LogP contribution in [0.4, 0.5) is 0 Å². The van der Waals surface area contributed by atoms with E-state index in [0.717, 1.165) is 11.4 Å². The molecule has 2 rings (SSSR count). The van der Waals surface area contributed by atoms with E-state index in [-0.39, 0.29) is 23.7 Å². The molecule has 6 heteroatoms. The summed E-state index contributed by atoms with van der Waals surface area (Å²) in [5.74, 6) is -1.20. The fraction of sp³-hybridized carbons (Fsp3) is 0.250. The van der Waals surface area contributed by atoms with Gasteiger partial charge in [-0.15, -0.1) is 0 Å². The number of phenolic OH excluding ortho intramolecular Hbond substituents is 1. The number of aryl methyl sites for hydroxylation is 1. The minimum atomic E-state index is -0.738. The summed E-state index contributed by atoms with van der Waals surface area (Å²) in [7, 11) is 1.87. The topological polar surface area (TPSA) is 68.5 Å². The Balaban J connectivity index is 2.09. The lowest BCUT2D eigenvalue weighted by molar-refractivity contribution is 0.0471. The van der Waals surface area contributed by atoms with Crippen LogP contribution in [0, 0.1) is 13.8 Å². The summed E-state index contributed by atoms with van der Waals surface area (Å²) >= 11 is 3.21. The van der Waals surface area contributed by atoms with Crippen LogP contribution >= 0.6 is 15.9 Å². The standard InChI is InChI=1S/C16H16BrNO4/c1-9-6-12(10(2)18(9)3)15(20)8-22-16(21)13-7-11(17)4-5-14(13)19/h4-7,19H,8H2,1-3H3. The first-order valence-electron chi connectivity index (χ1n) is 6.63. The van der Waals surface area contributed by atoms with Crippen LogP contribution < -0.4 is 0 Å². The Kier molecular flexibility index (Phi) is 4.71. The number of esters is 1. The van der Waals surface area contributed by atoms with Crippen LogP contribution in [0.25, 0.3) is 0 Å². The Hall–Kier alpha value is -2.08. The first-order valence-corrected chi connectivity index (χ1v) is 7.42. The largest absolute Gasteiger partial charge is 0.507 e. The van der Waals surface area contributed by atoms with Gasteiger partial charge in [0.15, 0.2) is 6.61 Å². The molecule has 0 spiro atoms. The van der Waals surface area contributed by atoms with Crippen molar-refractivity contribution < 1.29 is 19.4 Å². The highest BCUT2D eigenvalue weighted by Crippen LogP contribution is 2.22. The maximum atomic E-state index is 12.2. The lowest BCUT2D eigenvalue weighted by Crippen LogP contribution is -2.15. The zero-order chi connectivity index (χ0) is 16.4. The van der Waals surface area contributed by atoms with Gasteiger partial charge < -0.3 is 14.4 Å². The molecule has 22 heavy (non-hydrogen) atoms. The molecule has 0 radical (unpaired) electrons. The third kappa shape index (κ3) is 3.22. The number of ketones is 1. The third-order valence-electron chi connectivity index (χ3n) is 3.59. The van der Waals surface area contributed by atoms with E-state index in [1.165, 1.54) is 12.1 Å². The molecule has 1 aromatic heterocycles. The van der Waals surface area contributed by atoms with Crippen LogP contribution in [0.3, 0.4) is 0 Å². The number of hydrogen-bond acceptors (Lipinski definition) is 4. The maximum absolute atomic E-state index is 12.2. The summed E-state index contributed by atoms with van der Waals surface area (Å²) in [5.41, 5.74) is 2.33. The summed E-state index contributed by atoms with van der Waals surface area (Å²) in [6, 6.07) is 6.20. The molecule has 0 saturated heterocycles. The predicted molar refractivity (Wildman–Crippen MR) is 85.3 cm³/mol.